The molecular weight excluding hydrogens is 411 g/mol. The molecule has 1 atom stereocenters. The van der Waals surface area contributed by atoms with E-state index >= 15 is 0 Å². The van der Waals surface area contributed by atoms with E-state index in [-0.39, 0.29) is 17.8 Å². The first-order valence-corrected chi connectivity index (χ1v) is 11.4. The summed E-state index contributed by atoms with van der Waals surface area (Å²) >= 11 is 1.40. The minimum atomic E-state index is -0.278. The highest BCUT2D eigenvalue weighted by atomic mass is 32.1. The number of carbonyl (C=O) groups excluding carboxylic acids is 1. The summed E-state index contributed by atoms with van der Waals surface area (Å²) in [6.07, 6.45) is 3.36. The van der Waals surface area contributed by atoms with Gasteiger partial charge in [0.05, 0.1) is 16.6 Å². The molecule has 5 rings (SSSR count). The number of nitrogens with zero attached hydrogens (tertiary/aromatic N) is 1. The highest BCUT2D eigenvalue weighted by Crippen LogP contribution is 2.41. The van der Waals surface area contributed by atoms with E-state index in [1.807, 2.05) is 41.8 Å². The predicted molar refractivity (Wildman–Crippen MR) is 122 cm³/mol. The van der Waals surface area contributed by atoms with Crippen LogP contribution in [0.25, 0.3) is 11.0 Å². The van der Waals surface area contributed by atoms with Crippen molar-refractivity contribution in [2.45, 2.75) is 25.3 Å². The maximum absolute atomic E-state index is 14.2. The number of fused-ring (bicyclic) bond motifs is 1. The monoisotopic (exact) mass is 434 g/mol. The zero-order valence-corrected chi connectivity index (χ0v) is 17.8. The van der Waals surface area contributed by atoms with Gasteiger partial charge in [0.1, 0.15) is 17.2 Å². The summed E-state index contributed by atoms with van der Waals surface area (Å²) in [5.41, 5.74) is 2.19. The molecule has 4 aromatic rings. The van der Waals surface area contributed by atoms with Crippen molar-refractivity contribution in [3.05, 3.63) is 88.1 Å². The molecule has 6 heteroatoms. The van der Waals surface area contributed by atoms with Crippen molar-refractivity contribution in [1.82, 2.24) is 4.90 Å². The van der Waals surface area contributed by atoms with Crippen molar-refractivity contribution in [1.29, 1.82) is 0 Å². The molecular formula is C25H23FN2O2S. The van der Waals surface area contributed by atoms with Gasteiger partial charge in [-0.15, -0.1) is 11.3 Å². The van der Waals surface area contributed by atoms with E-state index in [0.29, 0.717) is 21.9 Å². The number of likely N-dealkylation sites (tertiary alicyclic amines) is 1. The highest BCUT2D eigenvalue weighted by Gasteiger charge is 2.31. The standard InChI is InChI=1S/C25H23FN2O2S/c26-18-9-6-8-17(16-18)23(28-13-4-1-5-14-28)24-22(19-10-2-3-11-20(19)30-24)27-25(29)21-12-7-15-31-21/h2-3,6-12,15-16,23H,1,4-5,13-14H2,(H,27,29). The second-order valence-corrected chi connectivity index (χ2v) is 8.77. The Balaban J connectivity index is 1.65. The molecule has 0 saturated carbocycles. The van der Waals surface area contributed by atoms with Crippen molar-refractivity contribution in [2.24, 2.45) is 0 Å². The molecule has 4 nitrogen and oxygen atoms in total. The van der Waals surface area contributed by atoms with Gasteiger partial charge in [0.2, 0.25) is 0 Å². The first kappa shape index (κ1) is 20.0. The van der Waals surface area contributed by atoms with E-state index in [1.165, 1.54) is 23.8 Å². The van der Waals surface area contributed by atoms with Gasteiger partial charge in [0, 0.05) is 5.39 Å². The summed E-state index contributed by atoms with van der Waals surface area (Å²) in [4.78, 5) is 15.9. The average Bonchev–Trinajstić information content (AvgIpc) is 3.44. The van der Waals surface area contributed by atoms with Crippen molar-refractivity contribution in [3.63, 3.8) is 0 Å². The molecule has 1 N–H and O–H groups in total. The molecule has 158 valence electrons. The van der Waals surface area contributed by atoms with Crippen LogP contribution in [-0.2, 0) is 0 Å². The molecule has 1 fully saturated rings. The lowest BCUT2D eigenvalue weighted by Gasteiger charge is -2.34. The molecule has 1 aliphatic heterocycles. The molecule has 1 unspecified atom stereocenters. The summed E-state index contributed by atoms with van der Waals surface area (Å²) in [7, 11) is 0. The Hall–Kier alpha value is -2.96. The van der Waals surface area contributed by atoms with Gasteiger partial charge in [-0.3, -0.25) is 9.69 Å². The van der Waals surface area contributed by atoms with Crippen molar-refractivity contribution in [3.8, 4) is 0 Å². The molecule has 31 heavy (non-hydrogen) atoms. The number of para-hydroxylation sites is 1. The number of hydrogen-bond donors (Lipinski definition) is 1. The fourth-order valence-electron chi connectivity index (χ4n) is 4.35. The normalized spacial score (nSPS) is 15.8. The van der Waals surface area contributed by atoms with Gasteiger partial charge in [0.15, 0.2) is 0 Å². The maximum Gasteiger partial charge on any atom is 0.265 e. The van der Waals surface area contributed by atoms with E-state index in [4.69, 9.17) is 4.42 Å². The zero-order valence-electron chi connectivity index (χ0n) is 17.0. The van der Waals surface area contributed by atoms with Crippen molar-refractivity contribution < 1.29 is 13.6 Å². The molecule has 0 aliphatic carbocycles. The Kier molecular flexibility index (Phi) is 5.57. The zero-order chi connectivity index (χ0) is 21.2. The van der Waals surface area contributed by atoms with E-state index in [2.05, 4.69) is 10.2 Å². The lowest BCUT2D eigenvalue weighted by molar-refractivity contribution is 0.102. The average molecular weight is 435 g/mol. The molecule has 2 aromatic carbocycles. The van der Waals surface area contributed by atoms with Crippen LogP contribution in [0, 0.1) is 5.82 Å². The number of benzene rings is 2. The lowest BCUT2D eigenvalue weighted by Crippen LogP contribution is -2.34. The number of halogens is 1. The first-order valence-electron chi connectivity index (χ1n) is 10.6. The van der Waals surface area contributed by atoms with Crippen LogP contribution in [0.15, 0.2) is 70.5 Å². The van der Waals surface area contributed by atoms with Gasteiger partial charge in [-0.05, 0) is 67.2 Å². The van der Waals surface area contributed by atoms with Crippen LogP contribution in [0.3, 0.4) is 0 Å². The summed E-state index contributed by atoms with van der Waals surface area (Å²) in [5.74, 6) is 0.206. The van der Waals surface area contributed by atoms with Crippen LogP contribution in [0.1, 0.15) is 46.3 Å². The number of anilines is 1. The fraction of sp³-hybridized carbons (Fsp3) is 0.240. The highest BCUT2D eigenvalue weighted by molar-refractivity contribution is 7.12. The molecule has 3 heterocycles. The number of rotatable bonds is 5. The number of piperidine rings is 1. The second-order valence-electron chi connectivity index (χ2n) is 7.82. The molecule has 0 spiro atoms. The SMILES string of the molecule is O=C(Nc1c(C(c2cccc(F)c2)N2CCCCC2)oc2ccccc12)c1cccs1. The number of amides is 1. The van der Waals surface area contributed by atoms with Crippen LogP contribution >= 0.6 is 11.3 Å². The third kappa shape index (κ3) is 4.01. The quantitative estimate of drug-likeness (QED) is 0.392. The van der Waals surface area contributed by atoms with Crippen LogP contribution in [0.5, 0.6) is 0 Å². The number of hydrogen-bond acceptors (Lipinski definition) is 4. The van der Waals surface area contributed by atoms with Gasteiger partial charge in [-0.2, -0.15) is 0 Å². The van der Waals surface area contributed by atoms with E-state index < -0.39 is 0 Å². The number of thiophene rings is 1. The first-order chi connectivity index (χ1) is 15.2. The van der Waals surface area contributed by atoms with Crippen LogP contribution < -0.4 is 5.32 Å². The Labute approximate surface area is 184 Å². The van der Waals surface area contributed by atoms with Crippen LogP contribution in [-0.4, -0.2) is 23.9 Å². The van der Waals surface area contributed by atoms with Crippen LogP contribution in [0.2, 0.25) is 0 Å². The molecule has 2 aromatic heterocycles. The molecule has 1 amide bonds. The van der Waals surface area contributed by atoms with Gasteiger partial charge in [-0.25, -0.2) is 4.39 Å². The van der Waals surface area contributed by atoms with Crippen molar-refractivity contribution in [2.75, 3.05) is 18.4 Å². The fourth-order valence-corrected chi connectivity index (χ4v) is 4.97. The van der Waals surface area contributed by atoms with E-state index in [1.54, 1.807) is 18.2 Å². The lowest BCUT2D eigenvalue weighted by atomic mass is 9.98. The molecule has 1 saturated heterocycles. The molecule has 0 radical (unpaired) electrons. The second kappa shape index (κ2) is 8.65. The topological polar surface area (TPSA) is 45.5 Å². The summed E-state index contributed by atoms with van der Waals surface area (Å²) in [6, 6.07) is 17.8. The van der Waals surface area contributed by atoms with Crippen molar-refractivity contribution >= 4 is 33.9 Å². The minimum absolute atomic E-state index is 0.167. The van der Waals surface area contributed by atoms with Gasteiger partial charge in [-0.1, -0.05) is 36.8 Å². The summed E-state index contributed by atoms with van der Waals surface area (Å²) < 4.78 is 20.5. The van der Waals surface area contributed by atoms with E-state index in [0.717, 1.165) is 36.9 Å². The maximum atomic E-state index is 14.2. The Morgan fingerprint density at radius 1 is 1.03 bits per heavy atom. The van der Waals surface area contributed by atoms with Gasteiger partial charge < -0.3 is 9.73 Å². The van der Waals surface area contributed by atoms with Gasteiger partial charge in [0.25, 0.3) is 5.91 Å². The van der Waals surface area contributed by atoms with Crippen LogP contribution in [0.4, 0.5) is 10.1 Å². The smallest absolute Gasteiger partial charge is 0.265 e. The largest absolute Gasteiger partial charge is 0.457 e. The number of carbonyl (C=O) groups is 1. The van der Waals surface area contributed by atoms with E-state index in [9.17, 15) is 9.18 Å². The minimum Gasteiger partial charge on any atom is -0.457 e. The third-order valence-corrected chi connectivity index (χ3v) is 6.64. The summed E-state index contributed by atoms with van der Waals surface area (Å²) in [5, 5.41) is 5.83. The summed E-state index contributed by atoms with van der Waals surface area (Å²) in [6.45, 7) is 1.80. The third-order valence-electron chi connectivity index (χ3n) is 5.77. The van der Waals surface area contributed by atoms with Gasteiger partial charge >= 0.3 is 0 Å². The Morgan fingerprint density at radius 2 is 1.87 bits per heavy atom. The Bertz CT molecular complexity index is 1200. The number of nitrogens with one attached hydrogen (secondary N) is 1. The molecule has 1 aliphatic rings. The molecule has 0 bridgehead atoms. The Morgan fingerprint density at radius 3 is 2.65 bits per heavy atom. The predicted octanol–water partition coefficient (Wildman–Crippen LogP) is 6.46. The number of furan rings is 1.